The van der Waals surface area contributed by atoms with Crippen LogP contribution >= 0.6 is 0 Å². The zero-order valence-corrected chi connectivity index (χ0v) is 9.86. The van der Waals surface area contributed by atoms with Crippen LogP contribution in [0.5, 0.6) is 0 Å². The molecule has 0 aliphatic carbocycles. The van der Waals surface area contributed by atoms with Gasteiger partial charge in [0.25, 0.3) is 0 Å². The number of methoxy groups -OCH3 is 1. The van der Waals surface area contributed by atoms with E-state index in [1.807, 2.05) is 0 Å². The molecule has 0 fully saturated rings. The molecular formula is C13H21NO. The average molecular weight is 207 g/mol. The van der Waals surface area contributed by atoms with E-state index in [9.17, 15) is 0 Å². The first-order valence-corrected chi connectivity index (χ1v) is 5.53. The molecule has 1 aromatic rings. The molecule has 0 aliphatic rings. The van der Waals surface area contributed by atoms with Crippen molar-refractivity contribution in [3.05, 3.63) is 35.4 Å². The molecule has 15 heavy (non-hydrogen) atoms. The fourth-order valence-electron chi connectivity index (χ4n) is 1.58. The first-order chi connectivity index (χ1) is 7.19. The van der Waals surface area contributed by atoms with E-state index in [0.29, 0.717) is 12.5 Å². The molecule has 0 saturated carbocycles. The van der Waals surface area contributed by atoms with Gasteiger partial charge >= 0.3 is 0 Å². The van der Waals surface area contributed by atoms with Crippen LogP contribution in [-0.4, -0.2) is 13.7 Å². The summed E-state index contributed by atoms with van der Waals surface area (Å²) in [4.78, 5) is 0. The maximum atomic E-state index is 5.94. The Balaban J connectivity index is 2.71. The van der Waals surface area contributed by atoms with Gasteiger partial charge in [0, 0.05) is 7.11 Å². The van der Waals surface area contributed by atoms with Crippen LogP contribution < -0.4 is 5.73 Å². The van der Waals surface area contributed by atoms with Crippen molar-refractivity contribution < 1.29 is 4.74 Å². The van der Waals surface area contributed by atoms with Crippen molar-refractivity contribution in [2.75, 3.05) is 13.7 Å². The summed E-state index contributed by atoms with van der Waals surface area (Å²) < 4.78 is 5.03. The van der Waals surface area contributed by atoms with Crippen LogP contribution in [-0.2, 0) is 4.74 Å². The minimum absolute atomic E-state index is 0.0130. The molecule has 2 unspecified atom stereocenters. The van der Waals surface area contributed by atoms with Crippen LogP contribution in [0.1, 0.15) is 43.4 Å². The smallest absolute Gasteiger partial charge is 0.0655 e. The molecule has 2 N–H and O–H groups in total. The van der Waals surface area contributed by atoms with Gasteiger partial charge < -0.3 is 10.5 Å². The predicted octanol–water partition coefficient (Wildman–Crippen LogP) is 2.85. The van der Waals surface area contributed by atoms with Gasteiger partial charge in [-0.1, -0.05) is 38.1 Å². The number of hydrogen-bond donors (Lipinski definition) is 1. The molecule has 84 valence electrons. The van der Waals surface area contributed by atoms with Crippen molar-refractivity contribution in [2.45, 2.75) is 32.2 Å². The van der Waals surface area contributed by atoms with Crippen LogP contribution in [0.3, 0.4) is 0 Å². The Kier molecular flexibility index (Phi) is 4.79. The molecule has 2 heteroatoms. The van der Waals surface area contributed by atoms with Crippen molar-refractivity contribution in [3.8, 4) is 0 Å². The largest absolute Gasteiger partial charge is 0.383 e. The van der Waals surface area contributed by atoms with Gasteiger partial charge in [0.15, 0.2) is 0 Å². The van der Waals surface area contributed by atoms with Crippen LogP contribution in [0.25, 0.3) is 0 Å². The van der Waals surface area contributed by atoms with Crippen LogP contribution in [0.15, 0.2) is 24.3 Å². The fourth-order valence-corrected chi connectivity index (χ4v) is 1.58. The molecule has 0 aromatic heterocycles. The zero-order chi connectivity index (χ0) is 11.3. The molecule has 0 saturated heterocycles. The van der Waals surface area contributed by atoms with Gasteiger partial charge in [-0.05, 0) is 23.5 Å². The van der Waals surface area contributed by atoms with E-state index < -0.39 is 0 Å². The van der Waals surface area contributed by atoms with E-state index in [2.05, 4.69) is 38.1 Å². The van der Waals surface area contributed by atoms with Crippen LogP contribution in [0.2, 0.25) is 0 Å². The molecule has 0 spiro atoms. The Morgan fingerprint density at radius 3 is 2.20 bits per heavy atom. The molecule has 1 aromatic carbocycles. The van der Waals surface area contributed by atoms with Crippen LogP contribution in [0.4, 0.5) is 0 Å². The Hall–Kier alpha value is -0.860. The fraction of sp³-hybridized carbons (Fsp3) is 0.538. The average Bonchev–Trinajstić information content (AvgIpc) is 2.28. The lowest BCUT2D eigenvalue weighted by Crippen LogP contribution is -2.15. The highest BCUT2D eigenvalue weighted by molar-refractivity contribution is 5.26. The third kappa shape index (κ3) is 3.33. The van der Waals surface area contributed by atoms with Gasteiger partial charge in [0.05, 0.1) is 12.6 Å². The second-order valence-electron chi connectivity index (χ2n) is 4.04. The van der Waals surface area contributed by atoms with E-state index in [-0.39, 0.29) is 6.04 Å². The third-order valence-electron chi connectivity index (χ3n) is 2.89. The summed E-state index contributed by atoms with van der Waals surface area (Å²) in [6.45, 7) is 5.02. The lowest BCUT2D eigenvalue weighted by Gasteiger charge is -2.13. The topological polar surface area (TPSA) is 35.2 Å². The maximum absolute atomic E-state index is 5.94. The summed E-state index contributed by atoms with van der Waals surface area (Å²) >= 11 is 0. The summed E-state index contributed by atoms with van der Waals surface area (Å²) in [7, 11) is 1.67. The van der Waals surface area contributed by atoms with E-state index in [4.69, 9.17) is 10.5 Å². The zero-order valence-electron chi connectivity index (χ0n) is 9.86. The van der Waals surface area contributed by atoms with Gasteiger partial charge in [-0.2, -0.15) is 0 Å². The van der Waals surface area contributed by atoms with Crippen molar-refractivity contribution in [2.24, 2.45) is 5.73 Å². The summed E-state index contributed by atoms with van der Waals surface area (Å²) in [6.07, 6.45) is 1.17. The Morgan fingerprint density at radius 2 is 1.73 bits per heavy atom. The summed E-state index contributed by atoms with van der Waals surface area (Å²) in [5, 5.41) is 0. The highest BCUT2D eigenvalue weighted by Crippen LogP contribution is 2.20. The molecular weight excluding hydrogens is 186 g/mol. The molecule has 0 aliphatic heterocycles. The Morgan fingerprint density at radius 1 is 1.20 bits per heavy atom. The summed E-state index contributed by atoms with van der Waals surface area (Å²) in [5.74, 6) is 0.623. The lowest BCUT2D eigenvalue weighted by molar-refractivity contribution is 0.181. The highest BCUT2D eigenvalue weighted by atomic mass is 16.5. The van der Waals surface area contributed by atoms with Gasteiger partial charge in [0.1, 0.15) is 0 Å². The monoisotopic (exact) mass is 207 g/mol. The normalized spacial score (nSPS) is 14.9. The quantitative estimate of drug-likeness (QED) is 0.805. The second kappa shape index (κ2) is 5.89. The molecule has 2 atom stereocenters. The van der Waals surface area contributed by atoms with Gasteiger partial charge in [0.2, 0.25) is 0 Å². The second-order valence-corrected chi connectivity index (χ2v) is 4.04. The maximum Gasteiger partial charge on any atom is 0.0655 e. The van der Waals surface area contributed by atoms with Crippen LogP contribution in [0, 0.1) is 0 Å². The first-order valence-electron chi connectivity index (χ1n) is 5.53. The SMILES string of the molecule is CCC(C)c1ccc(C(N)COC)cc1. The number of rotatable bonds is 5. The van der Waals surface area contributed by atoms with Gasteiger partial charge in [-0.15, -0.1) is 0 Å². The molecule has 1 rings (SSSR count). The molecule has 2 nitrogen and oxygen atoms in total. The Labute approximate surface area is 92.4 Å². The van der Waals surface area contributed by atoms with Crippen molar-refractivity contribution in [1.29, 1.82) is 0 Å². The molecule has 0 amide bonds. The van der Waals surface area contributed by atoms with Crippen molar-refractivity contribution in [3.63, 3.8) is 0 Å². The minimum atomic E-state index is -0.0130. The third-order valence-corrected chi connectivity index (χ3v) is 2.89. The minimum Gasteiger partial charge on any atom is -0.383 e. The van der Waals surface area contributed by atoms with Gasteiger partial charge in [-0.3, -0.25) is 0 Å². The molecule has 0 radical (unpaired) electrons. The lowest BCUT2D eigenvalue weighted by atomic mass is 9.96. The van der Waals surface area contributed by atoms with E-state index in [1.54, 1.807) is 7.11 Å². The number of ether oxygens (including phenoxy) is 1. The summed E-state index contributed by atoms with van der Waals surface area (Å²) in [5.41, 5.74) is 8.46. The predicted molar refractivity (Wildman–Crippen MR) is 64.0 cm³/mol. The van der Waals surface area contributed by atoms with Crippen molar-refractivity contribution in [1.82, 2.24) is 0 Å². The first kappa shape index (κ1) is 12.2. The molecule has 0 bridgehead atoms. The standard InChI is InChI=1S/C13H21NO/c1-4-10(2)11-5-7-12(8-6-11)13(14)9-15-3/h5-8,10,13H,4,9,14H2,1-3H3. The number of hydrogen-bond acceptors (Lipinski definition) is 2. The van der Waals surface area contributed by atoms with E-state index in [1.165, 1.54) is 12.0 Å². The van der Waals surface area contributed by atoms with E-state index in [0.717, 1.165) is 5.56 Å². The Bertz CT molecular complexity index is 281. The number of benzene rings is 1. The highest BCUT2D eigenvalue weighted by Gasteiger charge is 2.06. The molecule has 0 heterocycles. The van der Waals surface area contributed by atoms with Gasteiger partial charge in [-0.25, -0.2) is 0 Å². The van der Waals surface area contributed by atoms with Crippen molar-refractivity contribution >= 4 is 0 Å². The summed E-state index contributed by atoms with van der Waals surface area (Å²) in [6, 6.07) is 8.52. The number of nitrogens with two attached hydrogens (primary N) is 1. The van der Waals surface area contributed by atoms with E-state index >= 15 is 0 Å².